The lowest BCUT2D eigenvalue weighted by atomic mass is 10.2. The smallest absolute Gasteiger partial charge is 0.412 e. The summed E-state index contributed by atoms with van der Waals surface area (Å²) in [6.07, 6.45) is -0.778. The standard InChI is InChI=1S/C11H12BrClN2O4/c1-11(2,3)19-10(18)15-7-5(12)4-6(13)14-8(7)9(16)17/h4H,1-3H3,(H,15,18)(H,16,17). The number of nitrogens with one attached hydrogen (secondary N) is 1. The van der Waals surface area contributed by atoms with Crippen molar-refractivity contribution >= 4 is 45.3 Å². The molecule has 0 saturated carbocycles. The van der Waals surface area contributed by atoms with Crippen molar-refractivity contribution in [1.82, 2.24) is 4.98 Å². The maximum absolute atomic E-state index is 11.6. The quantitative estimate of drug-likeness (QED) is 0.796. The van der Waals surface area contributed by atoms with Crippen LogP contribution in [0, 0.1) is 0 Å². The summed E-state index contributed by atoms with van der Waals surface area (Å²) >= 11 is 8.78. The van der Waals surface area contributed by atoms with Gasteiger partial charge in [-0.2, -0.15) is 0 Å². The largest absolute Gasteiger partial charge is 0.476 e. The number of ether oxygens (including phenoxy) is 1. The summed E-state index contributed by atoms with van der Waals surface area (Å²) in [6.45, 7) is 5.08. The number of hydrogen-bond acceptors (Lipinski definition) is 4. The SMILES string of the molecule is CC(C)(C)OC(=O)Nc1c(Br)cc(Cl)nc1C(=O)O. The van der Waals surface area contributed by atoms with Gasteiger partial charge in [0.25, 0.3) is 0 Å². The minimum Gasteiger partial charge on any atom is -0.476 e. The first-order valence-electron chi connectivity index (χ1n) is 5.19. The van der Waals surface area contributed by atoms with Crippen LogP contribution in [0.3, 0.4) is 0 Å². The lowest BCUT2D eigenvalue weighted by molar-refractivity contribution is 0.0635. The van der Waals surface area contributed by atoms with Gasteiger partial charge in [0, 0.05) is 4.47 Å². The third-order valence-electron chi connectivity index (χ3n) is 1.77. The van der Waals surface area contributed by atoms with Gasteiger partial charge in [-0.05, 0) is 42.8 Å². The number of carboxylic acids is 1. The molecule has 0 fully saturated rings. The van der Waals surface area contributed by atoms with Crippen molar-refractivity contribution in [1.29, 1.82) is 0 Å². The second-order valence-corrected chi connectivity index (χ2v) is 5.82. The lowest BCUT2D eigenvalue weighted by Crippen LogP contribution is -2.28. The van der Waals surface area contributed by atoms with Crippen LogP contribution in [0.1, 0.15) is 31.3 Å². The van der Waals surface area contributed by atoms with E-state index in [1.165, 1.54) is 6.07 Å². The maximum Gasteiger partial charge on any atom is 0.412 e. The van der Waals surface area contributed by atoms with Crippen LogP contribution in [0.5, 0.6) is 0 Å². The Balaban J connectivity index is 3.07. The van der Waals surface area contributed by atoms with E-state index in [2.05, 4.69) is 26.2 Å². The highest BCUT2D eigenvalue weighted by Crippen LogP contribution is 2.28. The molecule has 0 bridgehead atoms. The van der Waals surface area contributed by atoms with E-state index in [0.717, 1.165) is 0 Å². The molecule has 1 rings (SSSR count). The number of carboxylic acid groups (broad SMARTS) is 1. The first-order chi connectivity index (χ1) is 8.60. The summed E-state index contributed by atoms with van der Waals surface area (Å²) in [5, 5.41) is 11.4. The Morgan fingerprint density at radius 1 is 1.47 bits per heavy atom. The molecule has 8 heteroatoms. The number of anilines is 1. The van der Waals surface area contributed by atoms with Crippen molar-refractivity contribution in [2.75, 3.05) is 5.32 Å². The molecule has 1 aromatic rings. The predicted octanol–water partition coefficient (Wildman–Crippen LogP) is 3.54. The number of carbonyl (C=O) groups excluding carboxylic acids is 1. The number of pyridine rings is 1. The van der Waals surface area contributed by atoms with Gasteiger partial charge in [-0.3, -0.25) is 5.32 Å². The van der Waals surface area contributed by atoms with Crippen molar-refractivity contribution in [3.05, 3.63) is 21.4 Å². The molecule has 2 N–H and O–H groups in total. The molecule has 1 amide bonds. The molecule has 0 spiro atoms. The van der Waals surface area contributed by atoms with Gasteiger partial charge in [-0.1, -0.05) is 11.6 Å². The van der Waals surface area contributed by atoms with Crippen LogP contribution in [-0.4, -0.2) is 27.8 Å². The molecule has 1 aromatic heterocycles. The van der Waals surface area contributed by atoms with Gasteiger partial charge in [-0.25, -0.2) is 14.6 Å². The molecule has 1 heterocycles. The number of amides is 1. The van der Waals surface area contributed by atoms with Gasteiger partial charge in [0.15, 0.2) is 5.69 Å². The Kier molecular flexibility index (Phi) is 4.75. The predicted molar refractivity (Wildman–Crippen MR) is 73.8 cm³/mol. The van der Waals surface area contributed by atoms with E-state index in [1.54, 1.807) is 20.8 Å². The molecule has 6 nitrogen and oxygen atoms in total. The van der Waals surface area contributed by atoms with Crippen molar-refractivity contribution in [2.45, 2.75) is 26.4 Å². The summed E-state index contributed by atoms with van der Waals surface area (Å²) < 4.78 is 5.34. The van der Waals surface area contributed by atoms with Crippen molar-refractivity contribution in [2.24, 2.45) is 0 Å². The molecule has 0 unspecified atom stereocenters. The van der Waals surface area contributed by atoms with E-state index in [1.807, 2.05) is 0 Å². The van der Waals surface area contributed by atoms with E-state index >= 15 is 0 Å². The second-order valence-electron chi connectivity index (χ2n) is 4.58. The van der Waals surface area contributed by atoms with E-state index < -0.39 is 17.7 Å². The highest BCUT2D eigenvalue weighted by Gasteiger charge is 2.22. The Bertz CT molecular complexity index is 528. The number of rotatable bonds is 2. The topological polar surface area (TPSA) is 88.5 Å². The fraction of sp³-hybridized carbons (Fsp3) is 0.364. The van der Waals surface area contributed by atoms with Gasteiger partial charge in [0.2, 0.25) is 0 Å². The van der Waals surface area contributed by atoms with Crippen LogP contribution < -0.4 is 5.32 Å². The molecule has 0 saturated heterocycles. The molecule has 0 aliphatic carbocycles. The zero-order valence-corrected chi connectivity index (χ0v) is 12.8. The number of halogens is 2. The van der Waals surface area contributed by atoms with E-state index in [4.69, 9.17) is 21.4 Å². The average molecular weight is 352 g/mol. The van der Waals surface area contributed by atoms with Crippen molar-refractivity contribution < 1.29 is 19.4 Å². The maximum atomic E-state index is 11.6. The molecule has 0 atom stereocenters. The van der Waals surface area contributed by atoms with E-state index in [-0.39, 0.29) is 16.5 Å². The van der Waals surface area contributed by atoms with Gasteiger partial charge in [0.1, 0.15) is 10.8 Å². The summed E-state index contributed by atoms with van der Waals surface area (Å²) in [5.41, 5.74) is -1.07. The number of nitrogens with zero attached hydrogens (tertiary/aromatic N) is 1. The van der Waals surface area contributed by atoms with Gasteiger partial charge in [-0.15, -0.1) is 0 Å². The molecule has 0 radical (unpaired) electrons. The molecule has 0 aliphatic rings. The van der Waals surface area contributed by atoms with Crippen LogP contribution in [0.2, 0.25) is 5.15 Å². The highest BCUT2D eigenvalue weighted by atomic mass is 79.9. The summed E-state index contributed by atoms with van der Waals surface area (Å²) in [6, 6.07) is 1.38. The zero-order chi connectivity index (χ0) is 14.8. The number of aromatic nitrogens is 1. The molecule has 0 aromatic carbocycles. The van der Waals surface area contributed by atoms with Crippen LogP contribution >= 0.6 is 27.5 Å². The van der Waals surface area contributed by atoms with Crippen molar-refractivity contribution in [3.8, 4) is 0 Å². The normalized spacial score (nSPS) is 11.0. The van der Waals surface area contributed by atoms with Gasteiger partial charge >= 0.3 is 12.1 Å². The van der Waals surface area contributed by atoms with E-state index in [0.29, 0.717) is 4.47 Å². The minimum absolute atomic E-state index is 0.000913. The highest BCUT2D eigenvalue weighted by molar-refractivity contribution is 9.10. The van der Waals surface area contributed by atoms with Crippen LogP contribution in [0.25, 0.3) is 0 Å². The Morgan fingerprint density at radius 3 is 2.53 bits per heavy atom. The third-order valence-corrected chi connectivity index (χ3v) is 2.59. The molecular weight excluding hydrogens is 339 g/mol. The zero-order valence-electron chi connectivity index (χ0n) is 10.5. The Hall–Kier alpha value is -1.34. The summed E-state index contributed by atoms with van der Waals surface area (Å²) in [4.78, 5) is 26.3. The Morgan fingerprint density at radius 2 is 2.05 bits per heavy atom. The van der Waals surface area contributed by atoms with Crippen LogP contribution in [0.15, 0.2) is 10.5 Å². The summed E-state index contributed by atoms with van der Waals surface area (Å²) in [7, 11) is 0. The second kappa shape index (κ2) is 5.75. The first-order valence-corrected chi connectivity index (χ1v) is 6.36. The fourth-order valence-corrected chi connectivity index (χ4v) is 1.99. The fourth-order valence-electron chi connectivity index (χ4n) is 1.16. The third kappa shape index (κ3) is 4.68. The molecular formula is C11H12BrClN2O4. The summed E-state index contributed by atoms with van der Waals surface area (Å²) in [5.74, 6) is -1.31. The van der Waals surface area contributed by atoms with Crippen molar-refractivity contribution in [3.63, 3.8) is 0 Å². The molecule has 104 valence electrons. The van der Waals surface area contributed by atoms with Crippen LogP contribution in [0.4, 0.5) is 10.5 Å². The van der Waals surface area contributed by atoms with Crippen LogP contribution in [-0.2, 0) is 4.74 Å². The lowest BCUT2D eigenvalue weighted by Gasteiger charge is -2.20. The monoisotopic (exact) mass is 350 g/mol. The molecule has 19 heavy (non-hydrogen) atoms. The number of aromatic carboxylic acids is 1. The first kappa shape index (κ1) is 15.7. The Labute approximate surface area is 123 Å². The number of hydrogen-bond donors (Lipinski definition) is 2. The minimum atomic E-state index is -1.31. The van der Waals surface area contributed by atoms with Gasteiger partial charge in [0.05, 0.1) is 5.69 Å². The number of carbonyl (C=O) groups is 2. The van der Waals surface area contributed by atoms with Gasteiger partial charge < -0.3 is 9.84 Å². The average Bonchev–Trinajstić information content (AvgIpc) is 2.18. The molecule has 0 aliphatic heterocycles. The van der Waals surface area contributed by atoms with E-state index in [9.17, 15) is 9.59 Å².